The first-order valence-corrected chi connectivity index (χ1v) is 10.1. The Hall–Kier alpha value is -2.42. The van der Waals surface area contributed by atoms with Crippen LogP contribution < -0.4 is 15.6 Å². The molecule has 3 rings (SSSR count). The summed E-state index contributed by atoms with van der Waals surface area (Å²) in [5.74, 6) is 0.869. The first-order chi connectivity index (χ1) is 14.1. The molecular formula is C21H24BrN3O4. The molecule has 1 heterocycles. The van der Waals surface area contributed by atoms with Gasteiger partial charge >= 0.3 is 0 Å². The number of hydrogen-bond acceptors (Lipinski definition) is 6. The average molecular weight is 462 g/mol. The maximum atomic E-state index is 12.8. The highest BCUT2D eigenvalue weighted by atomic mass is 79.9. The fraction of sp³-hybridized carbons (Fsp3) is 0.333. The number of halogens is 1. The number of nitrogens with zero attached hydrogens (tertiary/aromatic N) is 1. The Morgan fingerprint density at radius 2 is 2.03 bits per heavy atom. The van der Waals surface area contributed by atoms with Crippen LogP contribution in [0.15, 0.2) is 58.0 Å². The van der Waals surface area contributed by atoms with Crippen molar-refractivity contribution in [3.63, 3.8) is 0 Å². The number of carbonyl (C=O) groups excluding carboxylic acids is 1. The maximum Gasteiger partial charge on any atom is 0.266 e. The molecule has 0 bridgehead atoms. The lowest BCUT2D eigenvalue weighted by Crippen LogP contribution is -2.52. The monoisotopic (exact) mass is 461 g/mol. The number of hydrazine groups is 1. The predicted molar refractivity (Wildman–Crippen MR) is 114 cm³/mol. The predicted octanol–water partition coefficient (Wildman–Crippen LogP) is 2.22. The van der Waals surface area contributed by atoms with Crippen LogP contribution in [0.2, 0.25) is 0 Å². The van der Waals surface area contributed by atoms with Crippen molar-refractivity contribution in [2.24, 2.45) is 4.99 Å². The third-order valence-corrected chi connectivity index (χ3v) is 5.31. The zero-order valence-corrected chi connectivity index (χ0v) is 17.7. The Kier molecular flexibility index (Phi) is 7.24. The Morgan fingerprint density at radius 1 is 1.28 bits per heavy atom. The van der Waals surface area contributed by atoms with E-state index in [-0.39, 0.29) is 19.1 Å². The van der Waals surface area contributed by atoms with Gasteiger partial charge in [0.2, 0.25) is 5.90 Å². The van der Waals surface area contributed by atoms with Gasteiger partial charge in [-0.2, -0.15) is 0 Å². The molecule has 0 aliphatic carbocycles. The van der Waals surface area contributed by atoms with E-state index in [0.29, 0.717) is 31.1 Å². The fourth-order valence-electron chi connectivity index (χ4n) is 3.02. The topological polar surface area (TPSA) is 92.2 Å². The zero-order valence-electron chi connectivity index (χ0n) is 16.2. The quantitative estimate of drug-likeness (QED) is 0.393. The average Bonchev–Trinajstić information content (AvgIpc) is 3.16. The highest BCUT2D eigenvalue weighted by Crippen LogP contribution is 2.30. The summed E-state index contributed by atoms with van der Waals surface area (Å²) in [6, 6.07) is 15.1. The van der Waals surface area contributed by atoms with Gasteiger partial charge in [0.25, 0.3) is 5.91 Å². The van der Waals surface area contributed by atoms with Crippen LogP contribution in [0.3, 0.4) is 0 Å². The van der Waals surface area contributed by atoms with E-state index in [1.165, 1.54) is 0 Å². The van der Waals surface area contributed by atoms with E-state index in [9.17, 15) is 4.79 Å². The molecule has 0 saturated heterocycles. The van der Waals surface area contributed by atoms with E-state index >= 15 is 0 Å². The van der Waals surface area contributed by atoms with Crippen molar-refractivity contribution >= 4 is 27.7 Å². The van der Waals surface area contributed by atoms with E-state index in [1.807, 2.05) is 48.5 Å². The van der Waals surface area contributed by atoms with Crippen LogP contribution >= 0.6 is 15.9 Å². The van der Waals surface area contributed by atoms with Crippen molar-refractivity contribution in [2.45, 2.75) is 18.4 Å². The van der Waals surface area contributed by atoms with Gasteiger partial charge in [-0.1, -0.05) is 34.1 Å². The molecule has 0 spiro atoms. The number of carbonyl (C=O) groups is 1. The first-order valence-electron chi connectivity index (χ1n) is 9.35. The van der Waals surface area contributed by atoms with Crippen LogP contribution in [0.25, 0.3) is 0 Å². The van der Waals surface area contributed by atoms with Gasteiger partial charge in [-0.15, -0.1) is 0 Å². The number of aliphatic imine (C=N–C) groups is 1. The second-order valence-corrected chi connectivity index (χ2v) is 7.51. The molecule has 3 N–H and O–H groups in total. The van der Waals surface area contributed by atoms with Gasteiger partial charge in [0.15, 0.2) is 5.54 Å². The summed E-state index contributed by atoms with van der Waals surface area (Å²) in [6.45, 7) is 0.690. The van der Waals surface area contributed by atoms with E-state index in [2.05, 4.69) is 26.8 Å². The number of aliphatic hydroxyl groups is 1. The highest BCUT2D eigenvalue weighted by molar-refractivity contribution is 9.10. The molecule has 0 saturated carbocycles. The van der Waals surface area contributed by atoms with Crippen molar-refractivity contribution < 1.29 is 19.4 Å². The Bertz CT molecular complexity index is 872. The summed E-state index contributed by atoms with van der Waals surface area (Å²) in [4.78, 5) is 17.5. The number of rotatable bonds is 9. The largest absolute Gasteiger partial charge is 0.494 e. The minimum Gasteiger partial charge on any atom is -0.494 e. The molecule has 1 aliphatic heterocycles. The Balaban J connectivity index is 1.84. The maximum absolute atomic E-state index is 12.8. The molecular weight excluding hydrogens is 438 g/mol. The van der Waals surface area contributed by atoms with Crippen molar-refractivity contribution in [1.29, 1.82) is 0 Å². The molecule has 0 fully saturated rings. The van der Waals surface area contributed by atoms with E-state index in [0.717, 1.165) is 15.6 Å². The molecule has 0 radical (unpaired) electrons. The van der Waals surface area contributed by atoms with Crippen LogP contribution in [0.1, 0.15) is 17.5 Å². The van der Waals surface area contributed by atoms with Gasteiger partial charge in [-0.3, -0.25) is 10.2 Å². The third-order valence-electron chi connectivity index (χ3n) is 4.54. The van der Waals surface area contributed by atoms with Gasteiger partial charge in [0, 0.05) is 36.5 Å². The van der Waals surface area contributed by atoms with E-state index in [1.54, 1.807) is 7.05 Å². The fourth-order valence-corrected chi connectivity index (χ4v) is 3.44. The number of nitrogens with one attached hydrogen (secondary N) is 2. The summed E-state index contributed by atoms with van der Waals surface area (Å²) in [5, 5.41) is 8.83. The lowest BCUT2D eigenvalue weighted by Gasteiger charge is -2.23. The van der Waals surface area contributed by atoms with Gasteiger partial charge in [-0.05, 0) is 35.9 Å². The summed E-state index contributed by atoms with van der Waals surface area (Å²) in [7, 11) is 1.64. The van der Waals surface area contributed by atoms with Crippen LogP contribution in [0.4, 0.5) is 0 Å². The molecule has 8 heteroatoms. The normalized spacial score (nSPS) is 18.1. The number of hydrogen-bond donors (Lipinski definition) is 3. The summed E-state index contributed by atoms with van der Waals surface area (Å²) in [6.07, 6.45) is 0.976. The van der Waals surface area contributed by atoms with Gasteiger partial charge < -0.3 is 14.6 Å². The minimum atomic E-state index is -1.07. The molecule has 1 atom stereocenters. The molecule has 2 aromatic rings. The summed E-state index contributed by atoms with van der Waals surface area (Å²) in [5.41, 5.74) is 6.00. The molecule has 0 aromatic heterocycles. The third kappa shape index (κ3) is 5.14. The number of aliphatic hydroxyl groups excluding tert-OH is 1. The summed E-state index contributed by atoms with van der Waals surface area (Å²) < 4.78 is 12.3. The molecule has 154 valence electrons. The highest BCUT2D eigenvalue weighted by Gasteiger charge is 2.44. The number of benzene rings is 2. The molecule has 0 unspecified atom stereocenters. The van der Waals surface area contributed by atoms with Crippen molar-refractivity contribution in [3.8, 4) is 5.75 Å². The SMILES string of the molecule is CNNC(=O)[C@]1(Cc2ccccc2Br)COC(c2ccc(OCCCO)cc2)=N1. The Morgan fingerprint density at radius 3 is 2.72 bits per heavy atom. The smallest absolute Gasteiger partial charge is 0.266 e. The van der Waals surface area contributed by atoms with Crippen LogP contribution in [-0.4, -0.2) is 49.3 Å². The number of ether oxygens (including phenoxy) is 2. The van der Waals surface area contributed by atoms with Crippen LogP contribution in [0.5, 0.6) is 5.75 Å². The zero-order chi connectivity index (χ0) is 20.7. The van der Waals surface area contributed by atoms with Crippen molar-refractivity contribution in [3.05, 3.63) is 64.1 Å². The van der Waals surface area contributed by atoms with Crippen LogP contribution in [-0.2, 0) is 16.0 Å². The molecule has 7 nitrogen and oxygen atoms in total. The summed E-state index contributed by atoms with van der Waals surface area (Å²) >= 11 is 3.54. The first kappa shape index (κ1) is 21.3. The standard InChI is InChI=1S/C21H24BrN3O4/c1-23-25-20(27)21(13-16-5-2-3-6-18(16)22)14-29-19(24-21)15-7-9-17(10-8-15)28-12-4-11-26/h2-3,5-10,23,26H,4,11-14H2,1H3,(H,25,27)/t21-/m0/s1. The Labute approximate surface area is 178 Å². The van der Waals surface area contributed by atoms with Gasteiger partial charge in [0.1, 0.15) is 12.4 Å². The van der Waals surface area contributed by atoms with Crippen LogP contribution in [0, 0.1) is 0 Å². The second kappa shape index (κ2) is 9.87. The lowest BCUT2D eigenvalue weighted by atomic mass is 9.91. The van der Waals surface area contributed by atoms with Gasteiger partial charge in [0.05, 0.1) is 6.61 Å². The van der Waals surface area contributed by atoms with E-state index < -0.39 is 5.54 Å². The van der Waals surface area contributed by atoms with E-state index in [4.69, 9.17) is 19.6 Å². The van der Waals surface area contributed by atoms with Crippen molar-refractivity contribution in [1.82, 2.24) is 10.9 Å². The molecule has 1 aliphatic rings. The lowest BCUT2D eigenvalue weighted by molar-refractivity contribution is -0.127. The second-order valence-electron chi connectivity index (χ2n) is 6.66. The van der Waals surface area contributed by atoms with Gasteiger partial charge in [-0.25, -0.2) is 10.4 Å². The molecule has 29 heavy (non-hydrogen) atoms. The number of amides is 1. The van der Waals surface area contributed by atoms with Crippen molar-refractivity contribution in [2.75, 3.05) is 26.9 Å². The minimum absolute atomic E-state index is 0.0943. The molecule has 2 aromatic carbocycles. The molecule has 1 amide bonds.